The van der Waals surface area contributed by atoms with E-state index in [4.69, 9.17) is 14.9 Å². The van der Waals surface area contributed by atoms with Gasteiger partial charge in [-0.25, -0.2) is 0 Å². The van der Waals surface area contributed by atoms with E-state index in [1.807, 2.05) is 18.2 Å². The minimum absolute atomic E-state index is 0.736. The van der Waals surface area contributed by atoms with Crippen molar-refractivity contribution in [2.24, 2.45) is 0 Å². The van der Waals surface area contributed by atoms with Crippen LogP contribution in [-0.2, 0) is 6.54 Å². The van der Waals surface area contributed by atoms with Crippen molar-refractivity contribution < 1.29 is 9.47 Å². The van der Waals surface area contributed by atoms with Crippen LogP contribution in [0.4, 0.5) is 0 Å². The minimum atomic E-state index is 0.736. The summed E-state index contributed by atoms with van der Waals surface area (Å²) in [6, 6.07) is 5.91. The van der Waals surface area contributed by atoms with Crippen LogP contribution in [0.3, 0.4) is 0 Å². The van der Waals surface area contributed by atoms with E-state index in [0.29, 0.717) is 0 Å². The first-order valence-electron chi connectivity index (χ1n) is 5.78. The molecule has 1 aromatic carbocycles. The highest BCUT2D eigenvalue weighted by molar-refractivity contribution is 5.80. The van der Waals surface area contributed by atoms with Crippen molar-refractivity contribution >= 4 is 5.84 Å². The fourth-order valence-corrected chi connectivity index (χ4v) is 2.10. The second-order valence-electron chi connectivity index (χ2n) is 4.16. The first kappa shape index (κ1) is 11.8. The molecule has 0 unspecified atom stereocenters. The molecule has 4 heteroatoms. The van der Waals surface area contributed by atoms with Crippen LogP contribution in [0.5, 0.6) is 11.5 Å². The zero-order valence-electron chi connectivity index (χ0n) is 10.3. The number of hydrogen-bond donors (Lipinski definition) is 1. The van der Waals surface area contributed by atoms with Crippen LogP contribution in [0.1, 0.15) is 18.4 Å². The molecule has 1 aliphatic rings. The third kappa shape index (κ3) is 2.52. The average molecular weight is 234 g/mol. The average Bonchev–Trinajstić information content (AvgIpc) is 2.75. The standard InChI is InChI=1S/C13H18N2O2/c1-16-11-6-5-10(8-12(11)17-2)9-15-7-3-4-13(15)14/h5-6,8,14H,3-4,7,9H2,1-2H3. The second-order valence-corrected chi connectivity index (χ2v) is 4.16. The number of rotatable bonds is 4. The third-order valence-electron chi connectivity index (χ3n) is 3.04. The highest BCUT2D eigenvalue weighted by atomic mass is 16.5. The van der Waals surface area contributed by atoms with Crippen LogP contribution in [-0.4, -0.2) is 31.5 Å². The Morgan fingerprint density at radius 1 is 1.24 bits per heavy atom. The molecule has 0 aliphatic carbocycles. The van der Waals surface area contributed by atoms with Crippen LogP contribution >= 0.6 is 0 Å². The highest BCUT2D eigenvalue weighted by Crippen LogP contribution is 2.28. The van der Waals surface area contributed by atoms with E-state index in [0.717, 1.165) is 48.8 Å². The van der Waals surface area contributed by atoms with Gasteiger partial charge in [-0.15, -0.1) is 0 Å². The van der Waals surface area contributed by atoms with Gasteiger partial charge in [0, 0.05) is 19.5 Å². The van der Waals surface area contributed by atoms with Crippen LogP contribution in [0.15, 0.2) is 18.2 Å². The molecule has 1 aromatic rings. The van der Waals surface area contributed by atoms with Gasteiger partial charge < -0.3 is 14.4 Å². The van der Waals surface area contributed by atoms with E-state index in [1.165, 1.54) is 0 Å². The van der Waals surface area contributed by atoms with Gasteiger partial charge in [0.1, 0.15) is 0 Å². The largest absolute Gasteiger partial charge is 0.493 e. The quantitative estimate of drug-likeness (QED) is 0.869. The summed E-state index contributed by atoms with van der Waals surface area (Å²) in [5.41, 5.74) is 1.15. The Morgan fingerprint density at radius 3 is 2.59 bits per heavy atom. The molecule has 1 aliphatic heterocycles. The number of amidine groups is 1. The molecule has 0 aromatic heterocycles. The van der Waals surface area contributed by atoms with Gasteiger partial charge in [-0.1, -0.05) is 6.07 Å². The summed E-state index contributed by atoms with van der Waals surface area (Å²) in [6.07, 6.45) is 1.99. The monoisotopic (exact) mass is 234 g/mol. The van der Waals surface area contributed by atoms with Gasteiger partial charge in [-0.3, -0.25) is 5.41 Å². The number of methoxy groups -OCH3 is 2. The van der Waals surface area contributed by atoms with Crippen molar-refractivity contribution in [3.8, 4) is 11.5 Å². The molecule has 1 N–H and O–H groups in total. The fourth-order valence-electron chi connectivity index (χ4n) is 2.10. The fraction of sp³-hybridized carbons (Fsp3) is 0.462. The van der Waals surface area contributed by atoms with Crippen LogP contribution < -0.4 is 9.47 Å². The van der Waals surface area contributed by atoms with Gasteiger partial charge in [-0.2, -0.15) is 0 Å². The summed E-state index contributed by atoms with van der Waals surface area (Å²) in [4.78, 5) is 2.10. The number of likely N-dealkylation sites (tertiary alicyclic amines) is 1. The first-order valence-corrected chi connectivity index (χ1v) is 5.78. The van der Waals surface area contributed by atoms with Crippen molar-refractivity contribution in [3.05, 3.63) is 23.8 Å². The van der Waals surface area contributed by atoms with Gasteiger partial charge in [0.05, 0.1) is 20.1 Å². The van der Waals surface area contributed by atoms with E-state index < -0.39 is 0 Å². The third-order valence-corrected chi connectivity index (χ3v) is 3.04. The maximum atomic E-state index is 7.80. The maximum Gasteiger partial charge on any atom is 0.161 e. The Bertz CT molecular complexity index is 418. The summed E-state index contributed by atoms with van der Waals surface area (Å²) in [5, 5.41) is 7.80. The lowest BCUT2D eigenvalue weighted by molar-refractivity contribution is 0.353. The second kappa shape index (κ2) is 5.08. The van der Waals surface area contributed by atoms with Gasteiger partial charge in [0.25, 0.3) is 0 Å². The topological polar surface area (TPSA) is 45.5 Å². The van der Waals surface area contributed by atoms with Crippen molar-refractivity contribution in [2.45, 2.75) is 19.4 Å². The van der Waals surface area contributed by atoms with Crippen LogP contribution in [0, 0.1) is 5.41 Å². The predicted molar refractivity (Wildman–Crippen MR) is 66.9 cm³/mol. The zero-order chi connectivity index (χ0) is 12.3. The molecule has 1 heterocycles. The molecule has 1 saturated heterocycles. The van der Waals surface area contributed by atoms with Crippen LogP contribution in [0.2, 0.25) is 0 Å². The Labute approximate surface area is 102 Å². The lowest BCUT2D eigenvalue weighted by atomic mass is 10.2. The molecule has 0 bridgehead atoms. The summed E-state index contributed by atoms with van der Waals surface area (Å²) < 4.78 is 10.5. The predicted octanol–water partition coefficient (Wildman–Crippen LogP) is 2.28. The molecule has 4 nitrogen and oxygen atoms in total. The van der Waals surface area contributed by atoms with E-state index in [9.17, 15) is 0 Å². The Kier molecular flexibility index (Phi) is 3.52. The van der Waals surface area contributed by atoms with Crippen molar-refractivity contribution in [2.75, 3.05) is 20.8 Å². The van der Waals surface area contributed by atoms with E-state index >= 15 is 0 Å². The number of nitrogens with one attached hydrogen (secondary N) is 1. The zero-order valence-corrected chi connectivity index (χ0v) is 10.3. The molecule has 0 spiro atoms. The smallest absolute Gasteiger partial charge is 0.161 e. The Morgan fingerprint density at radius 2 is 2.00 bits per heavy atom. The summed E-state index contributed by atoms with van der Waals surface area (Å²) in [5.74, 6) is 2.23. The highest BCUT2D eigenvalue weighted by Gasteiger charge is 2.17. The number of benzene rings is 1. The van der Waals surface area contributed by atoms with Crippen molar-refractivity contribution in [1.82, 2.24) is 4.90 Å². The van der Waals surface area contributed by atoms with E-state index in [2.05, 4.69) is 4.90 Å². The van der Waals surface area contributed by atoms with Crippen molar-refractivity contribution in [3.63, 3.8) is 0 Å². The molecular weight excluding hydrogens is 216 g/mol. The molecule has 0 atom stereocenters. The molecule has 92 valence electrons. The van der Waals surface area contributed by atoms with Gasteiger partial charge >= 0.3 is 0 Å². The Hall–Kier alpha value is -1.71. The Balaban J connectivity index is 2.13. The molecule has 0 saturated carbocycles. The van der Waals surface area contributed by atoms with Gasteiger partial charge in [0.15, 0.2) is 11.5 Å². The number of nitrogens with zero attached hydrogens (tertiary/aromatic N) is 1. The van der Waals surface area contributed by atoms with E-state index in [1.54, 1.807) is 14.2 Å². The molecule has 0 amide bonds. The first-order chi connectivity index (χ1) is 8.24. The lowest BCUT2D eigenvalue weighted by Crippen LogP contribution is -2.23. The number of hydrogen-bond acceptors (Lipinski definition) is 3. The molecule has 1 fully saturated rings. The van der Waals surface area contributed by atoms with Gasteiger partial charge in [-0.05, 0) is 24.1 Å². The molecule has 2 rings (SSSR count). The summed E-state index contributed by atoms with van der Waals surface area (Å²) >= 11 is 0. The SMILES string of the molecule is COc1ccc(CN2CCCC2=N)cc1OC. The van der Waals surface area contributed by atoms with Gasteiger partial charge in [0.2, 0.25) is 0 Å². The normalized spacial score (nSPS) is 15.2. The molecule has 0 radical (unpaired) electrons. The molecule has 17 heavy (non-hydrogen) atoms. The summed E-state index contributed by atoms with van der Waals surface area (Å²) in [7, 11) is 3.27. The lowest BCUT2D eigenvalue weighted by Gasteiger charge is -2.18. The molecular formula is C13H18N2O2. The minimum Gasteiger partial charge on any atom is -0.493 e. The van der Waals surface area contributed by atoms with Crippen molar-refractivity contribution in [1.29, 1.82) is 5.41 Å². The maximum absolute atomic E-state index is 7.80. The van der Waals surface area contributed by atoms with E-state index in [-0.39, 0.29) is 0 Å². The number of ether oxygens (including phenoxy) is 2. The van der Waals surface area contributed by atoms with Crippen LogP contribution in [0.25, 0.3) is 0 Å². The summed E-state index contributed by atoms with van der Waals surface area (Å²) in [6.45, 7) is 1.76.